The molecule has 1 aromatic heterocycles. The third-order valence-electron chi connectivity index (χ3n) is 4.03. The number of hydrogen-bond donors (Lipinski definition) is 1. The average Bonchev–Trinajstić information content (AvgIpc) is 3.13. The van der Waals surface area contributed by atoms with Crippen molar-refractivity contribution < 1.29 is 4.42 Å². The van der Waals surface area contributed by atoms with Crippen molar-refractivity contribution in [1.82, 2.24) is 0 Å². The lowest BCUT2D eigenvalue weighted by Gasteiger charge is -2.11. The first-order valence-electron chi connectivity index (χ1n) is 6.83. The Balaban J connectivity index is 1.80. The Kier molecular flexibility index (Phi) is 2.51. The second-order valence-corrected chi connectivity index (χ2v) is 5.24. The third-order valence-corrected chi connectivity index (χ3v) is 4.03. The molecule has 1 aliphatic carbocycles. The molecule has 2 nitrogen and oxygen atoms in total. The second-order valence-electron chi connectivity index (χ2n) is 5.24. The van der Waals surface area contributed by atoms with Gasteiger partial charge in [0.25, 0.3) is 0 Å². The molecule has 2 aromatic carbocycles. The summed E-state index contributed by atoms with van der Waals surface area (Å²) in [5.41, 5.74) is 12.8. The Morgan fingerprint density at radius 2 is 1.75 bits per heavy atom. The van der Waals surface area contributed by atoms with Gasteiger partial charge in [-0.25, -0.2) is 0 Å². The summed E-state index contributed by atoms with van der Waals surface area (Å²) >= 11 is 0. The van der Waals surface area contributed by atoms with Crippen molar-refractivity contribution in [3.63, 3.8) is 0 Å². The number of rotatable bonds is 2. The maximum Gasteiger partial charge on any atom is 0.124 e. The molecule has 0 saturated carbocycles. The number of fused-ring (bicyclic) bond motifs is 3. The molecule has 1 atom stereocenters. The maximum absolute atomic E-state index is 6.28. The van der Waals surface area contributed by atoms with E-state index in [1.165, 1.54) is 22.3 Å². The quantitative estimate of drug-likeness (QED) is 0.594. The first-order chi connectivity index (χ1) is 9.83. The van der Waals surface area contributed by atoms with Gasteiger partial charge in [0.1, 0.15) is 5.76 Å². The normalized spacial score (nSPS) is 13.8. The minimum Gasteiger partial charge on any atom is -0.467 e. The van der Waals surface area contributed by atoms with Crippen LogP contribution in [0.5, 0.6) is 0 Å². The smallest absolute Gasteiger partial charge is 0.124 e. The highest BCUT2D eigenvalue weighted by molar-refractivity contribution is 5.77. The summed E-state index contributed by atoms with van der Waals surface area (Å²) in [6.07, 6.45) is 2.68. The van der Waals surface area contributed by atoms with Crippen LogP contribution in [0, 0.1) is 0 Å². The van der Waals surface area contributed by atoms with Crippen molar-refractivity contribution in [2.24, 2.45) is 5.73 Å². The Labute approximate surface area is 117 Å². The molecular weight excluding hydrogens is 246 g/mol. The van der Waals surface area contributed by atoms with Crippen molar-refractivity contribution in [1.29, 1.82) is 0 Å². The zero-order valence-electron chi connectivity index (χ0n) is 11.0. The molecule has 2 heteroatoms. The predicted octanol–water partition coefficient (Wildman–Crippen LogP) is 3.90. The summed E-state index contributed by atoms with van der Waals surface area (Å²) < 4.78 is 5.41. The van der Waals surface area contributed by atoms with Crippen molar-refractivity contribution in [3.05, 3.63) is 83.3 Å². The highest BCUT2D eigenvalue weighted by Gasteiger charge is 2.20. The Morgan fingerprint density at radius 1 is 0.900 bits per heavy atom. The zero-order valence-corrected chi connectivity index (χ0v) is 11.0. The molecule has 0 fully saturated rings. The van der Waals surface area contributed by atoms with E-state index in [9.17, 15) is 0 Å². The van der Waals surface area contributed by atoms with Crippen LogP contribution in [0.3, 0.4) is 0 Å². The van der Waals surface area contributed by atoms with Gasteiger partial charge in [0.15, 0.2) is 0 Å². The lowest BCUT2D eigenvalue weighted by molar-refractivity contribution is 0.490. The highest BCUT2D eigenvalue weighted by Crippen LogP contribution is 2.38. The lowest BCUT2D eigenvalue weighted by Crippen LogP contribution is -2.10. The standard InChI is InChI=1S/C18H15NO/c19-18(17-6-3-9-20-17)14-8-7-13-10-12-4-1-2-5-15(12)16(13)11-14/h1-9,11,18H,10,19H2. The van der Waals surface area contributed by atoms with Gasteiger partial charge in [-0.15, -0.1) is 0 Å². The number of benzene rings is 2. The Morgan fingerprint density at radius 3 is 2.60 bits per heavy atom. The fraction of sp³-hybridized carbons (Fsp3) is 0.111. The van der Waals surface area contributed by atoms with Crippen LogP contribution in [0.1, 0.15) is 28.5 Å². The van der Waals surface area contributed by atoms with Crippen LogP contribution in [0.15, 0.2) is 65.3 Å². The second kappa shape index (κ2) is 4.36. The zero-order chi connectivity index (χ0) is 13.5. The van der Waals surface area contributed by atoms with Crippen LogP contribution in [-0.4, -0.2) is 0 Å². The van der Waals surface area contributed by atoms with Crippen LogP contribution in [0.25, 0.3) is 11.1 Å². The molecule has 1 aliphatic rings. The molecule has 0 radical (unpaired) electrons. The summed E-state index contributed by atoms with van der Waals surface area (Å²) in [5, 5.41) is 0. The summed E-state index contributed by atoms with van der Waals surface area (Å²) in [4.78, 5) is 0. The van der Waals surface area contributed by atoms with Gasteiger partial charge in [-0.05, 0) is 52.4 Å². The van der Waals surface area contributed by atoms with Gasteiger partial charge in [-0.2, -0.15) is 0 Å². The largest absolute Gasteiger partial charge is 0.467 e. The van der Waals surface area contributed by atoms with E-state index in [2.05, 4.69) is 42.5 Å². The van der Waals surface area contributed by atoms with Gasteiger partial charge >= 0.3 is 0 Å². The fourth-order valence-corrected chi connectivity index (χ4v) is 2.97. The van der Waals surface area contributed by atoms with E-state index < -0.39 is 0 Å². The first kappa shape index (κ1) is 11.5. The minimum atomic E-state index is -0.205. The SMILES string of the molecule is NC(c1ccc2c(c1)-c1ccccc1C2)c1ccco1. The molecule has 0 bridgehead atoms. The van der Waals surface area contributed by atoms with Crippen molar-refractivity contribution >= 4 is 0 Å². The van der Waals surface area contributed by atoms with Gasteiger partial charge in [0.2, 0.25) is 0 Å². The van der Waals surface area contributed by atoms with E-state index in [0.717, 1.165) is 17.7 Å². The van der Waals surface area contributed by atoms with Crippen LogP contribution in [0.4, 0.5) is 0 Å². The van der Waals surface area contributed by atoms with Gasteiger partial charge < -0.3 is 10.2 Å². The predicted molar refractivity (Wildman–Crippen MR) is 79.4 cm³/mol. The van der Waals surface area contributed by atoms with Gasteiger partial charge in [0.05, 0.1) is 12.3 Å². The topological polar surface area (TPSA) is 39.2 Å². The minimum absolute atomic E-state index is 0.205. The van der Waals surface area contributed by atoms with Gasteiger partial charge in [0, 0.05) is 0 Å². The van der Waals surface area contributed by atoms with Crippen LogP contribution in [-0.2, 0) is 6.42 Å². The maximum atomic E-state index is 6.28. The molecule has 3 aromatic rings. The monoisotopic (exact) mass is 261 g/mol. The highest BCUT2D eigenvalue weighted by atomic mass is 16.3. The molecule has 0 spiro atoms. The first-order valence-corrected chi connectivity index (χ1v) is 6.83. The summed E-state index contributed by atoms with van der Waals surface area (Å²) in [7, 11) is 0. The molecule has 0 aliphatic heterocycles. The number of furan rings is 1. The Bertz CT molecular complexity index is 759. The number of hydrogen-bond acceptors (Lipinski definition) is 2. The molecule has 1 unspecified atom stereocenters. The molecule has 20 heavy (non-hydrogen) atoms. The lowest BCUT2D eigenvalue weighted by atomic mass is 9.98. The van der Waals surface area contributed by atoms with E-state index in [-0.39, 0.29) is 6.04 Å². The fourth-order valence-electron chi connectivity index (χ4n) is 2.97. The summed E-state index contributed by atoms with van der Waals surface area (Å²) in [6.45, 7) is 0. The molecule has 4 rings (SSSR count). The third kappa shape index (κ3) is 1.69. The molecule has 0 amide bonds. The van der Waals surface area contributed by atoms with E-state index in [0.29, 0.717) is 0 Å². The van der Waals surface area contributed by atoms with E-state index in [1.807, 2.05) is 12.1 Å². The Hall–Kier alpha value is -2.32. The van der Waals surface area contributed by atoms with E-state index in [1.54, 1.807) is 6.26 Å². The molecule has 0 saturated heterocycles. The van der Waals surface area contributed by atoms with E-state index >= 15 is 0 Å². The molecule has 98 valence electrons. The summed E-state index contributed by atoms with van der Waals surface area (Å²) in [6, 6.07) is 18.7. The van der Waals surface area contributed by atoms with Crippen LogP contribution >= 0.6 is 0 Å². The van der Waals surface area contributed by atoms with Crippen molar-refractivity contribution in [2.75, 3.05) is 0 Å². The van der Waals surface area contributed by atoms with Crippen molar-refractivity contribution in [2.45, 2.75) is 12.5 Å². The summed E-state index contributed by atoms with van der Waals surface area (Å²) in [5.74, 6) is 0.802. The number of nitrogens with two attached hydrogens (primary N) is 1. The van der Waals surface area contributed by atoms with Crippen LogP contribution in [0.2, 0.25) is 0 Å². The molecule has 2 N–H and O–H groups in total. The van der Waals surface area contributed by atoms with Gasteiger partial charge in [-0.3, -0.25) is 0 Å². The van der Waals surface area contributed by atoms with E-state index in [4.69, 9.17) is 10.2 Å². The van der Waals surface area contributed by atoms with Crippen molar-refractivity contribution in [3.8, 4) is 11.1 Å². The average molecular weight is 261 g/mol. The molecule has 1 heterocycles. The molecular formula is C18H15NO. The van der Waals surface area contributed by atoms with Crippen LogP contribution < -0.4 is 5.73 Å². The van der Waals surface area contributed by atoms with Gasteiger partial charge in [-0.1, -0.05) is 36.4 Å².